The first-order chi connectivity index (χ1) is 8.60. The molecule has 1 heterocycles. The second kappa shape index (κ2) is 5.54. The molecular formula is C13H15BrN2O2. The van der Waals surface area contributed by atoms with Gasteiger partial charge in [0.05, 0.1) is 23.5 Å². The number of hydrogen-bond donors (Lipinski definition) is 1. The predicted molar refractivity (Wildman–Crippen MR) is 72.8 cm³/mol. The Morgan fingerprint density at radius 3 is 2.78 bits per heavy atom. The van der Waals surface area contributed by atoms with E-state index in [1.807, 2.05) is 29.1 Å². The minimum atomic E-state index is 0.0180. The fourth-order valence-corrected chi connectivity index (χ4v) is 2.02. The van der Waals surface area contributed by atoms with Crippen molar-refractivity contribution in [2.24, 2.45) is 0 Å². The van der Waals surface area contributed by atoms with Crippen LogP contribution in [0.3, 0.4) is 0 Å². The average Bonchev–Trinajstić information content (AvgIpc) is 2.80. The molecule has 4 nitrogen and oxygen atoms in total. The van der Waals surface area contributed by atoms with Crippen molar-refractivity contribution in [3.05, 3.63) is 40.6 Å². The van der Waals surface area contributed by atoms with Crippen LogP contribution in [0.5, 0.6) is 11.5 Å². The molecule has 5 heteroatoms. The predicted octanol–water partition coefficient (Wildman–Crippen LogP) is 3.51. The van der Waals surface area contributed by atoms with Crippen LogP contribution in [0.1, 0.15) is 25.5 Å². The van der Waals surface area contributed by atoms with Crippen LogP contribution in [0.2, 0.25) is 0 Å². The summed E-state index contributed by atoms with van der Waals surface area (Å²) in [7, 11) is 0. The van der Waals surface area contributed by atoms with Crippen LogP contribution in [0.25, 0.3) is 0 Å². The van der Waals surface area contributed by atoms with E-state index in [0.29, 0.717) is 17.5 Å². The molecule has 0 saturated carbocycles. The standard InChI is InChI=1S/C13H15BrN2O2/c1-9(2)16-7-11(6-15-16)18-13-4-3-10(8-17)5-12(13)14/h3-7,9,17H,8H2,1-2H3. The highest BCUT2D eigenvalue weighted by Gasteiger charge is 2.07. The first-order valence-electron chi connectivity index (χ1n) is 5.71. The quantitative estimate of drug-likeness (QED) is 0.940. The number of rotatable bonds is 4. The van der Waals surface area contributed by atoms with Gasteiger partial charge in [-0.15, -0.1) is 0 Å². The summed E-state index contributed by atoms with van der Waals surface area (Å²) in [6.07, 6.45) is 3.55. The molecule has 0 aliphatic carbocycles. The number of halogens is 1. The Labute approximate surface area is 114 Å². The maximum atomic E-state index is 9.03. The van der Waals surface area contributed by atoms with Crippen LogP contribution in [-0.2, 0) is 6.61 Å². The van der Waals surface area contributed by atoms with Gasteiger partial charge < -0.3 is 9.84 Å². The van der Waals surface area contributed by atoms with Gasteiger partial charge in [-0.3, -0.25) is 4.68 Å². The molecule has 0 unspecified atom stereocenters. The van der Waals surface area contributed by atoms with Gasteiger partial charge in [-0.25, -0.2) is 0 Å². The summed E-state index contributed by atoms with van der Waals surface area (Å²) in [6.45, 7) is 4.13. The van der Waals surface area contributed by atoms with E-state index in [-0.39, 0.29) is 6.61 Å². The maximum Gasteiger partial charge on any atom is 0.165 e. The lowest BCUT2D eigenvalue weighted by atomic mass is 10.2. The second-order valence-electron chi connectivity index (χ2n) is 4.27. The van der Waals surface area contributed by atoms with E-state index in [2.05, 4.69) is 34.9 Å². The molecule has 18 heavy (non-hydrogen) atoms. The van der Waals surface area contributed by atoms with E-state index in [9.17, 15) is 0 Å². The lowest BCUT2D eigenvalue weighted by Gasteiger charge is -2.07. The molecule has 2 rings (SSSR count). The zero-order chi connectivity index (χ0) is 13.1. The Bertz CT molecular complexity index is 538. The summed E-state index contributed by atoms with van der Waals surface area (Å²) in [5, 5.41) is 13.2. The van der Waals surface area contributed by atoms with Crippen LogP contribution in [0, 0.1) is 0 Å². The van der Waals surface area contributed by atoms with Gasteiger partial charge >= 0.3 is 0 Å². The van der Waals surface area contributed by atoms with Gasteiger partial charge in [0.15, 0.2) is 5.75 Å². The molecule has 96 valence electrons. The van der Waals surface area contributed by atoms with Gasteiger partial charge in [-0.1, -0.05) is 6.07 Å². The Hall–Kier alpha value is -1.33. The van der Waals surface area contributed by atoms with Crippen LogP contribution >= 0.6 is 15.9 Å². The van der Waals surface area contributed by atoms with E-state index in [1.165, 1.54) is 0 Å². The first-order valence-corrected chi connectivity index (χ1v) is 6.50. The van der Waals surface area contributed by atoms with Gasteiger partial charge in [-0.05, 0) is 47.5 Å². The number of benzene rings is 1. The molecule has 0 aliphatic heterocycles. The average molecular weight is 311 g/mol. The molecule has 2 aromatic rings. The molecule has 0 radical (unpaired) electrons. The van der Waals surface area contributed by atoms with Gasteiger partial charge in [0.1, 0.15) is 5.75 Å². The summed E-state index contributed by atoms with van der Waals surface area (Å²) < 4.78 is 8.38. The van der Waals surface area contributed by atoms with Gasteiger partial charge in [-0.2, -0.15) is 5.10 Å². The summed E-state index contributed by atoms with van der Waals surface area (Å²) >= 11 is 3.42. The van der Waals surface area contributed by atoms with Gasteiger partial charge in [0, 0.05) is 6.04 Å². The molecule has 1 aromatic carbocycles. The third-order valence-electron chi connectivity index (χ3n) is 2.51. The van der Waals surface area contributed by atoms with Crippen LogP contribution in [0.15, 0.2) is 35.1 Å². The molecule has 0 aliphatic rings. The summed E-state index contributed by atoms with van der Waals surface area (Å²) in [5.74, 6) is 1.40. The van der Waals surface area contributed by atoms with Crippen molar-refractivity contribution >= 4 is 15.9 Å². The van der Waals surface area contributed by atoms with Crippen LogP contribution < -0.4 is 4.74 Å². The van der Waals surface area contributed by atoms with Crippen LogP contribution in [-0.4, -0.2) is 14.9 Å². The Morgan fingerprint density at radius 2 is 2.22 bits per heavy atom. The van der Waals surface area contributed by atoms with E-state index >= 15 is 0 Å². The van der Waals surface area contributed by atoms with E-state index in [1.54, 1.807) is 6.20 Å². The highest BCUT2D eigenvalue weighted by molar-refractivity contribution is 9.10. The highest BCUT2D eigenvalue weighted by atomic mass is 79.9. The molecule has 0 saturated heterocycles. The number of aromatic nitrogens is 2. The Kier molecular flexibility index (Phi) is 4.04. The summed E-state index contributed by atoms with van der Waals surface area (Å²) in [4.78, 5) is 0. The molecule has 0 fully saturated rings. The number of ether oxygens (including phenoxy) is 1. The van der Waals surface area contributed by atoms with Gasteiger partial charge in [0.25, 0.3) is 0 Å². The fourth-order valence-electron chi connectivity index (χ4n) is 1.51. The molecule has 1 N–H and O–H groups in total. The third-order valence-corrected chi connectivity index (χ3v) is 3.13. The molecule has 0 amide bonds. The number of nitrogens with zero attached hydrogens (tertiary/aromatic N) is 2. The van der Waals surface area contributed by atoms with Crippen molar-refractivity contribution < 1.29 is 9.84 Å². The van der Waals surface area contributed by atoms with Crippen molar-refractivity contribution in [3.63, 3.8) is 0 Å². The van der Waals surface area contributed by atoms with E-state index in [4.69, 9.17) is 9.84 Å². The van der Waals surface area contributed by atoms with Gasteiger partial charge in [0.2, 0.25) is 0 Å². The minimum Gasteiger partial charge on any atom is -0.453 e. The van der Waals surface area contributed by atoms with Crippen molar-refractivity contribution in [1.29, 1.82) is 0 Å². The fraction of sp³-hybridized carbons (Fsp3) is 0.308. The zero-order valence-corrected chi connectivity index (χ0v) is 11.9. The van der Waals surface area contributed by atoms with Crippen molar-refractivity contribution in [2.75, 3.05) is 0 Å². The van der Waals surface area contributed by atoms with E-state index in [0.717, 1.165) is 10.0 Å². The van der Waals surface area contributed by atoms with Crippen molar-refractivity contribution in [3.8, 4) is 11.5 Å². The number of aliphatic hydroxyl groups is 1. The Balaban J connectivity index is 2.17. The summed E-state index contributed by atoms with van der Waals surface area (Å²) in [6, 6.07) is 5.79. The third kappa shape index (κ3) is 2.91. The molecular weight excluding hydrogens is 296 g/mol. The normalized spacial score (nSPS) is 10.9. The van der Waals surface area contributed by atoms with Crippen molar-refractivity contribution in [1.82, 2.24) is 9.78 Å². The lowest BCUT2D eigenvalue weighted by Crippen LogP contribution is -1.99. The molecule has 0 bridgehead atoms. The number of aliphatic hydroxyl groups excluding tert-OH is 1. The second-order valence-corrected chi connectivity index (χ2v) is 5.13. The monoisotopic (exact) mass is 310 g/mol. The smallest absolute Gasteiger partial charge is 0.165 e. The van der Waals surface area contributed by atoms with E-state index < -0.39 is 0 Å². The first kappa shape index (κ1) is 13.1. The minimum absolute atomic E-state index is 0.0180. The molecule has 0 atom stereocenters. The zero-order valence-electron chi connectivity index (χ0n) is 10.3. The Morgan fingerprint density at radius 1 is 1.44 bits per heavy atom. The topological polar surface area (TPSA) is 47.3 Å². The summed E-state index contributed by atoms with van der Waals surface area (Å²) in [5.41, 5.74) is 0.840. The highest BCUT2D eigenvalue weighted by Crippen LogP contribution is 2.30. The molecule has 1 aromatic heterocycles. The molecule has 0 spiro atoms. The van der Waals surface area contributed by atoms with Crippen LogP contribution in [0.4, 0.5) is 0 Å². The lowest BCUT2D eigenvalue weighted by molar-refractivity contribution is 0.281. The largest absolute Gasteiger partial charge is 0.453 e. The van der Waals surface area contributed by atoms with Crippen molar-refractivity contribution in [2.45, 2.75) is 26.5 Å². The maximum absolute atomic E-state index is 9.03. The number of hydrogen-bond acceptors (Lipinski definition) is 3. The SMILES string of the molecule is CC(C)n1cc(Oc2ccc(CO)cc2Br)cn1.